The number of carbonyl (C=O) groups is 1. The van der Waals surface area contributed by atoms with Crippen molar-refractivity contribution in [2.24, 2.45) is 0 Å². The fourth-order valence-corrected chi connectivity index (χ4v) is 1.87. The molecule has 0 saturated carbocycles. The van der Waals surface area contributed by atoms with Crippen molar-refractivity contribution in [2.45, 2.75) is 0 Å². The number of hydrogen-bond acceptors (Lipinski definition) is 4. The molecule has 1 N–H and O–H groups in total. The van der Waals surface area contributed by atoms with Crippen LogP contribution < -0.4 is 14.8 Å². The maximum absolute atomic E-state index is 12.2. The normalized spacial score (nSPS) is 9.95. The van der Waals surface area contributed by atoms with E-state index in [1.165, 1.54) is 7.11 Å². The number of ether oxygens (including phenoxy) is 2. The molecule has 1 aromatic carbocycles. The van der Waals surface area contributed by atoms with E-state index in [2.05, 4.69) is 26.2 Å². The van der Waals surface area contributed by atoms with Crippen LogP contribution in [0.25, 0.3) is 0 Å². The number of nitrogens with zero attached hydrogens (tertiary/aromatic N) is 1. The Morgan fingerprint density at radius 3 is 2.60 bits per heavy atom. The largest absolute Gasteiger partial charge is 0.497 e. The Kier molecular flexibility index (Phi) is 4.57. The molecule has 0 radical (unpaired) electrons. The summed E-state index contributed by atoms with van der Waals surface area (Å²) < 4.78 is 11.0. The predicted molar refractivity (Wildman–Crippen MR) is 79.4 cm³/mol. The molecule has 5 nitrogen and oxygen atoms in total. The summed E-state index contributed by atoms with van der Waals surface area (Å²) in [5, 5.41) is 2.75. The molecule has 0 fully saturated rings. The first kappa shape index (κ1) is 14.3. The number of nitrogens with one attached hydrogen (secondary N) is 1. The summed E-state index contributed by atoms with van der Waals surface area (Å²) in [5.74, 6) is 0.809. The second-order valence-corrected chi connectivity index (χ2v) is 4.70. The summed E-state index contributed by atoms with van der Waals surface area (Å²) in [6.45, 7) is 0. The third-order valence-corrected chi connectivity index (χ3v) is 3.11. The molecule has 1 aromatic heterocycles. The average molecular weight is 337 g/mol. The summed E-state index contributed by atoms with van der Waals surface area (Å²) in [7, 11) is 3.06. The second kappa shape index (κ2) is 6.38. The molecule has 2 aromatic rings. The molecule has 0 saturated heterocycles. The van der Waals surface area contributed by atoms with E-state index < -0.39 is 0 Å². The Bertz CT molecular complexity index is 614. The Morgan fingerprint density at radius 2 is 2.00 bits per heavy atom. The summed E-state index contributed by atoms with van der Waals surface area (Å²) in [5.41, 5.74) is 1.03. The molecule has 20 heavy (non-hydrogen) atoms. The molecular weight excluding hydrogens is 324 g/mol. The van der Waals surface area contributed by atoms with Crippen LogP contribution in [-0.2, 0) is 0 Å². The van der Waals surface area contributed by atoms with E-state index in [1.54, 1.807) is 43.6 Å². The predicted octanol–water partition coefficient (Wildman–Crippen LogP) is 3.11. The monoisotopic (exact) mass is 336 g/mol. The summed E-state index contributed by atoms with van der Waals surface area (Å²) in [4.78, 5) is 16.3. The molecule has 0 atom stereocenters. The van der Waals surface area contributed by atoms with Crippen molar-refractivity contribution in [1.29, 1.82) is 0 Å². The van der Waals surface area contributed by atoms with E-state index in [4.69, 9.17) is 9.47 Å². The minimum Gasteiger partial charge on any atom is -0.497 e. The van der Waals surface area contributed by atoms with Crippen LogP contribution in [0.2, 0.25) is 0 Å². The average Bonchev–Trinajstić information content (AvgIpc) is 2.48. The Morgan fingerprint density at radius 1 is 1.20 bits per heavy atom. The number of rotatable bonds is 4. The maximum atomic E-state index is 12.2. The van der Waals surface area contributed by atoms with Crippen molar-refractivity contribution in [2.75, 3.05) is 19.5 Å². The van der Waals surface area contributed by atoms with E-state index in [1.807, 2.05) is 0 Å². The number of carbonyl (C=O) groups excluding carboxylic acids is 1. The van der Waals surface area contributed by atoms with Crippen molar-refractivity contribution in [3.05, 3.63) is 46.7 Å². The van der Waals surface area contributed by atoms with E-state index in [0.717, 1.165) is 0 Å². The zero-order valence-corrected chi connectivity index (χ0v) is 12.6. The van der Waals surface area contributed by atoms with E-state index in [-0.39, 0.29) is 5.91 Å². The zero-order chi connectivity index (χ0) is 14.5. The third kappa shape index (κ3) is 3.27. The minimum absolute atomic E-state index is 0.270. The van der Waals surface area contributed by atoms with Crippen molar-refractivity contribution in [3.63, 3.8) is 0 Å². The molecule has 0 aliphatic heterocycles. The summed E-state index contributed by atoms with van der Waals surface area (Å²) in [6, 6.07) is 8.52. The van der Waals surface area contributed by atoms with Gasteiger partial charge in [0.05, 0.1) is 31.7 Å². The molecule has 0 spiro atoms. The number of methoxy groups -OCH3 is 2. The molecule has 0 unspecified atom stereocenters. The van der Waals surface area contributed by atoms with Crippen LogP contribution in [-0.4, -0.2) is 25.1 Å². The van der Waals surface area contributed by atoms with Gasteiger partial charge in [-0.15, -0.1) is 0 Å². The first-order valence-corrected chi connectivity index (χ1v) is 6.58. The van der Waals surface area contributed by atoms with Gasteiger partial charge < -0.3 is 14.8 Å². The van der Waals surface area contributed by atoms with Gasteiger partial charge in [0.15, 0.2) is 0 Å². The maximum Gasteiger partial charge on any atom is 0.259 e. The minimum atomic E-state index is -0.270. The van der Waals surface area contributed by atoms with Crippen LogP contribution in [0.1, 0.15) is 10.4 Å². The summed E-state index contributed by atoms with van der Waals surface area (Å²) >= 11 is 3.24. The number of aromatic nitrogens is 1. The van der Waals surface area contributed by atoms with Crippen LogP contribution in [0.5, 0.6) is 11.5 Å². The lowest BCUT2D eigenvalue weighted by atomic mass is 10.1. The number of halogens is 1. The fraction of sp³-hybridized carbons (Fsp3) is 0.143. The van der Waals surface area contributed by atoms with E-state index in [0.29, 0.717) is 27.4 Å². The van der Waals surface area contributed by atoms with Gasteiger partial charge in [0, 0.05) is 6.07 Å². The topological polar surface area (TPSA) is 60.5 Å². The fourth-order valence-electron chi connectivity index (χ4n) is 1.63. The highest BCUT2D eigenvalue weighted by Crippen LogP contribution is 2.25. The van der Waals surface area contributed by atoms with Gasteiger partial charge in [-0.25, -0.2) is 4.98 Å². The van der Waals surface area contributed by atoms with Gasteiger partial charge in [-0.05, 0) is 40.2 Å². The number of benzene rings is 1. The van der Waals surface area contributed by atoms with Crippen LogP contribution in [0.4, 0.5) is 5.69 Å². The lowest BCUT2D eigenvalue weighted by molar-refractivity contribution is 0.102. The number of anilines is 1. The Balaban J connectivity index is 2.22. The third-order valence-electron chi connectivity index (χ3n) is 2.64. The molecular formula is C14H13BrN2O3. The molecule has 1 heterocycles. The zero-order valence-electron chi connectivity index (χ0n) is 11.0. The van der Waals surface area contributed by atoms with Gasteiger partial charge in [-0.3, -0.25) is 4.79 Å². The quantitative estimate of drug-likeness (QED) is 0.871. The molecule has 6 heteroatoms. The highest BCUT2D eigenvalue weighted by molar-refractivity contribution is 9.10. The lowest BCUT2D eigenvalue weighted by Crippen LogP contribution is -2.13. The van der Waals surface area contributed by atoms with Crippen molar-refractivity contribution >= 4 is 27.5 Å². The van der Waals surface area contributed by atoms with Crippen molar-refractivity contribution in [3.8, 4) is 11.5 Å². The van der Waals surface area contributed by atoms with Gasteiger partial charge in [-0.1, -0.05) is 0 Å². The SMILES string of the molecule is COc1ccc(C(=O)Nc2ccc(Br)nc2)c(OC)c1. The van der Waals surface area contributed by atoms with Crippen LogP contribution in [0.3, 0.4) is 0 Å². The van der Waals surface area contributed by atoms with Crippen LogP contribution in [0.15, 0.2) is 41.1 Å². The highest BCUT2D eigenvalue weighted by atomic mass is 79.9. The van der Waals surface area contributed by atoms with E-state index in [9.17, 15) is 4.79 Å². The smallest absolute Gasteiger partial charge is 0.259 e. The number of hydrogen-bond donors (Lipinski definition) is 1. The molecule has 2 rings (SSSR count). The summed E-state index contributed by atoms with van der Waals surface area (Å²) in [6.07, 6.45) is 1.57. The molecule has 0 bridgehead atoms. The first-order valence-electron chi connectivity index (χ1n) is 5.79. The molecule has 0 aliphatic rings. The van der Waals surface area contributed by atoms with Gasteiger partial charge in [0.2, 0.25) is 0 Å². The second-order valence-electron chi connectivity index (χ2n) is 3.89. The van der Waals surface area contributed by atoms with E-state index >= 15 is 0 Å². The molecule has 0 aliphatic carbocycles. The van der Waals surface area contributed by atoms with Gasteiger partial charge in [0.25, 0.3) is 5.91 Å². The number of pyridine rings is 1. The van der Waals surface area contributed by atoms with Gasteiger partial charge in [0.1, 0.15) is 16.1 Å². The standard InChI is InChI=1S/C14H13BrN2O3/c1-19-10-4-5-11(12(7-10)20-2)14(18)17-9-3-6-13(15)16-8-9/h3-8H,1-2H3,(H,17,18). The molecule has 1 amide bonds. The van der Waals surface area contributed by atoms with Gasteiger partial charge >= 0.3 is 0 Å². The van der Waals surface area contributed by atoms with Crippen LogP contribution in [0, 0.1) is 0 Å². The van der Waals surface area contributed by atoms with Gasteiger partial charge in [-0.2, -0.15) is 0 Å². The van der Waals surface area contributed by atoms with Crippen LogP contribution >= 0.6 is 15.9 Å². The molecule has 104 valence electrons. The lowest BCUT2D eigenvalue weighted by Gasteiger charge is -2.10. The van der Waals surface area contributed by atoms with Crippen molar-refractivity contribution < 1.29 is 14.3 Å². The Hall–Kier alpha value is -2.08. The first-order chi connectivity index (χ1) is 9.63. The number of amides is 1. The highest BCUT2D eigenvalue weighted by Gasteiger charge is 2.13. The van der Waals surface area contributed by atoms with Crippen molar-refractivity contribution in [1.82, 2.24) is 4.98 Å². The Labute approximate surface area is 125 Å².